The Morgan fingerprint density at radius 3 is 1.91 bits per heavy atom. The Labute approximate surface area is 128 Å². The molecular formula is C17H17FN2O2. The fourth-order valence-electron chi connectivity index (χ4n) is 1.97. The maximum atomic E-state index is 12.9. The van der Waals surface area contributed by atoms with Crippen LogP contribution in [0.2, 0.25) is 0 Å². The molecule has 0 saturated heterocycles. The molecule has 0 spiro atoms. The number of hydrogen-bond acceptors (Lipinski definition) is 2. The molecular weight excluding hydrogens is 283 g/mol. The minimum atomic E-state index is -0.279. The van der Waals surface area contributed by atoms with Gasteiger partial charge in [0.2, 0.25) is 5.91 Å². The summed E-state index contributed by atoms with van der Waals surface area (Å²) in [6.07, 6.45) is 0. The third-order valence-electron chi connectivity index (χ3n) is 3.11. The maximum Gasteiger partial charge on any atom is 0.251 e. The van der Waals surface area contributed by atoms with E-state index in [1.54, 1.807) is 24.3 Å². The highest BCUT2D eigenvalue weighted by atomic mass is 19.1. The molecule has 0 atom stereocenters. The van der Waals surface area contributed by atoms with E-state index in [1.807, 2.05) is 12.1 Å². The molecule has 2 rings (SSSR count). The molecule has 0 aromatic heterocycles. The zero-order valence-corrected chi connectivity index (χ0v) is 12.2. The summed E-state index contributed by atoms with van der Waals surface area (Å²) >= 11 is 0. The van der Waals surface area contributed by atoms with Crippen molar-refractivity contribution in [3.8, 4) is 11.1 Å². The molecule has 2 aromatic carbocycles. The van der Waals surface area contributed by atoms with Gasteiger partial charge in [0.05, 0.1) is 0 Å². The molecule has 4 nitrogen and oxygen atoms in total. The van der Waals surface area contributed by atoms with Gasteiger partial charge < -0.3 is 10.6 Å². The summed E-state index contributed by atoms with van der Waals surface area (Å²) in [5, 5.41) is 5.32. The van der Waals surface area contributed by atoms with Crippen molar-refractivity contribution in [1.82, 2.24) is 10.6 Å². The van der Waals surface area contributed by atoms with E-state index in [-0.39, 0.29) is 17.6 Å². The van der Waals surface area contributed by atoms with E-state index in [9.17, 15) is 14.0 Å². The van der Waals surface area contributed by atoms with Gasteiger partial charge in [0, 0.05) is 25.6 Å². The Morgan fingerprint density at radius 2 is 1.36 bits per heavy atom. The van der Waals surface area contributed by atoms with E-state index in [1.165, 1.54) is 19.1 Å². The van der Waals surface area contributed by atoms with Gasteiger partial charge in [-0.25, -0.2) is 4.39 Å². The van der Waals surface area contributed by atoms with Crippen LogP contribution in [-0.4, -0.2) is 24.9 Å². The first kappa shape index (κ1) is 15.7. The van der Waals surface area contributed by atoms with Crippen molar-refractivity contribution in [3.05, 3.63) is 59.9 Å². The predicted octanol–water partition coefficient (Wildman–Crippen LogP) is 2.36. The lowest BCUT2D eigenvalue weighted by Gasteiger charge is -2.07. The number of carbonyl (C=O) groups excluding carboxylic acids is 2. The first-order valence-electron chi connectivity index (χ1n) is 6.95. The second-order valence-corrected chi connectivity index (χ2v) is 4.82. The van der Waals surface area contributed by atoms with E-state index in [0.717, 1.165) is 11.1 Å². The van der Waals surface area contributed by atoms with Crippen molar-refractivity contribution in [2.24, 2.45) is 0 Å². The summed E-state index contributed by atoms with van der Waals surface area (Å²) in [5.74, 6) is -0.604. The van der Waals surface area contributed by atoms with Crippen LogP contribution in [0.25, 0.3) is 11.1 Å². The van der Waals surface area contributed by atoms with E-state index >= 15 is 0 Å². The second kappa shape index (κ2) is 7.36. The predicted molar refractivity (Wildman–Crippen MR) is 82.9 cm³/mol. The van der Waals surface area contributed by atoms with Crippen LogP contribution in [0.15, 0.2) is 48.5 Å². The average Bonchev–Trinajstić information content (AvgIpc) is 2.52. The number of halogens is 1. The Kier molecular flexibility index (Phi) is 5.25. The van der Waals surface area contributed by atoms with E-state index in [4.69, 9.17) is 0 Å². The third kappa shape index (κ3) is 4.41. The molecule has 0 heterocycles. The maximum absolute atomic E-state index is 12.9. The summed E-state index contributed by atoms with van der Waals surface area (Å²) < 4.78 is 12.9. The summed E-state index contributed by atoms with van der Waals surface area (Å²) in [6, 6.07) is 13.2. The molecule has 2 N–H and O–H groups in total. The summed E-state index contributed by atoms with van der Waals surface area (Å²) in [5.41, 5.74) is 2.34. The first-order valence-corrected chi connectivity index (χ1v) is 6.95. The molecule has 0 radical (unpaired) electrons. The number of hydrogen-bond donors (Lipinski definition) is 2. The number of amides is 2. The normalized spacial score (nSPS) is 10.1. The molecule has 0 unspecified atom stereocenters. The molecule has 0 saturated carbocycles. The van der Waals surface area contributed by atoms with Crippen LogP contribution in [0.5, 0.6) is 0 Å². The topological polar surface area (TPSA) is 58.2 Å². The van der Waals surface area contributed by atoms with Gasteiger partial charge in [-0.1, -0.05) is 24.3 Å². The fraction of sp³-hybridized carbons (Fsp3) is 0.176. The highest BCUT2D eigenvalue weighted by Crippen LogP contribution is 2.20. The van der Waals surface area contributed by atoms with Gasteiger partial charge in [-0.05, 0) is 35.4 Å². The number of rotatable bonds is 5. The molecule has 0 aliphatic rings. The number of carbonyl (C=O) groups is 2. The quantitative estimate of drug-likeness (QED) is 0.833. The van der Waals surface area contributed by atoms with Gasteiger partial charge in [0.15, 0.2) is 0 Å². The van der Waals surface area contributed by atoms with Gasteiger partial charge in [0.1, 0.15) is 5.82 Å². The monoisotopic (exact) mass is 300 g/mol. The van der Waals surface area contributed by atoms with Crippen LogP contribution in [0.4, 0.5) is 4.39 Å². The average molecular weight is 300 g/mol. The Hall–Kier alpha value is -2.69. The third-order valence-corrected chi connectivity index (χ3v) is 3.11. The summed E-state index contributed by atoms with van der Waals surface area (Å²) in [6.45, 7) is 2.20. The molecule has 0 bridgehead atoms. The molecule has 0 aliphatic carbocycles. The highest BCUT2D eigenvalue weighted by molar-refractivity contribution is 5.94. The molecule has 2 amide bonds. The van der Waals surface area contributed by atoms with Gasteiger partial charge in [-0.15, -0.1) is 0 Å². The second-order valence-electron chi connectivity index (χ2n) is 4.82. The molecule has 5 heteroatoms. The first-order chi connectivity index (χ1) is 10.6. The van der Waals surface area contributed by atoms with E-state index in [0.29, 0.717) is 18.7 Å². The van der Waals surface area contributed by atoms with Crippen LogP contribution in [0.3, 0.4) is 0 Å². The van der Waals surface area contributed by atoms with Crippen LogP contribution >= 0.6 is 0 Å². The standard InChI is InChI=1S/C17H17FN2O2/c1-12(21)19-10-11-20-17(22)15-4-2-13(3-5-15)14-6-8-16(18)9-7-14/h2-9H,10-11H2,1H3,(H,19,21)(H,20,22). The van der Waals surface area contributed by atoms with Gasteiger partial charge in [-0.3, -0.25) is 9.59 Å². The largest absolute Gasteiger partial charge is 0.355 e. The van der Waals surface area contributed by atoms with Crippen molar-refractivity contribution in [2.75, 3.05) is 13.1 Å². The molecule has 22 heavy (non-hydrogen) atoms. The molecule has 114 valence electrons. The van der Waals surface area contributed by atoms with Crippen molar-refractivity contribution >= 4 is 11.8 Å². The molecule has 0 aliphatic heterocycles. The zero-order valence-electron chi connectivity index (χ0n) is 12.2. The Bertz CT molecular complexity index is 651. The van der Waals surface area contributed by atoms with E-state index in [2.05, 4.69) is 10.6 Å². The van der Waals surface area contributed by atoms with Crippen molar-refractivity contribution in [1.29, 1.82) is 0 Å². The minimum Gasteiger partial charge on any atom is -0.355 e. The van der Waals surface area contributed by atoms with Crippen LogP contribution < -0.4 is 10.6 Å². The van der Waals surface area contributed by atoms with Crippen LogP contribution in [0.1, 0.15) is 17.3 Å². The van der Waals surface area contributed by atoms with Gasteiger partial charge in [0.25, 0.3) is 5.91 Å². The Balaban J connectivity index is 1.95. The zero-order chi connectivity index (χ0) is 15.9. The summed E-state index contributed by atoms with van der Waals surface area (Å²) in [7, 11) is 0. The van der Waals surface area contributed by atoms with Gasteiger partial charge in [-0.2, -0.15) is 0 Å². The fourth-order valence-corrected chi connectivity index (χ4v) is 1.97. The molecule has 0 fully saturated rings. The van der Waals surface area contributed by atoms with Crippen LogP contribution in [0, 0.1) is 5.82 Å². The van der Waals surface area contributed by atoms with Crippen LogP contribution in [-0.2, 0) is 4.79 Å². The number of nitrogens with one attached hydrogen (secondary N) is 2. The van der Waals surface area contributed by atoms with Crippen molar-refractivity contribution < 1.29 is 14.0 Å². The summed E-state index contributed by atoms with van der Waals surface area (Å²) in [4.78, 5) is 22.6. The van der Waals surface area contributed by atoms with Gasteiger partial charge >= 0.3 is 0 Å². The van der Waals surface area contributed by atoms with E-state index < -0.39 is 0 Å². The lowest BCUT2D eigenvalue weighted by Crippen LogP contribution is -2.33. The lowest BCUT2D eigenvalue weighted by atomic mass is 10.0. The SMILES string of the molecule is CC(=O)NCCNC(=O)c1ccc(-c2ccc(F)cc2)cc1. The van der Waals surface area contributed by atoms with Crippen molar-refractivity contribution in [3.63, 3.8) is 0 Å². The smallest absolute Gasteiger partial charge is 0.251 e. The highest BCUT2D eigenvalue weighted by Gasteiger charge is 2.05. The minimum absolute atomic E-state index is 0.127. The molecule has 2 aromatic rings. The van der Waals surface area contributed by atoms with Crippen molar-refractivity contribution in [2.45, 2.75) is 6.92 Å². The lowest BCUT2D eigenvalue weighted by molar-refractivity contribution is -0.118. The Morgan fingerprint density at radius 1 is 0.864 bits per heavy atom. The number of benzene rings is 2.